The minimum atomic E-state index is -3.42. The Hall–Kier alpha value is -1.88. The number of rotatable bonds is 2. The van der Waals surface area contributed by atoms with Crippen LogP contribution in [0, 0.1) is 0 Å². The fraction of sp³-hybridized carbons (Fsp3) is 0.0833. The van der Waals surface area contributed by atoms with Gasteiger partial charge in [0, 0.05) is 24.0 Å². The average molecular weight is 250 g/mol. The van der Waals surface area contributed by atoms with Crippen LogP contribution < -0.4 is 5.63 Å². The van der Waals surface area contributed by atoms with Crippen molar-refractivity contribution in [3.63, 3.8) is 0 Å². The molecule has 88 valence electrons. The fourth-order valence-corrected chi connectivity index (χ4v) is 2.04. The van der Waals surface area contributed by atoms with Gasteiger partial charge in [-0.1, -0.05) is 30.3 Å². The normalized spacial score (nSPS) is 11.4. The minimum absolute atomic E-state index is 0.0346. The third kappa shape index (κ3) is 2.62. The van der Waals surface area contributed by atoms with E-state index < -0.39 is 15.5 Å². The van der Waals surface area contributed by atoms with Crippen LogP contribution in [0.1, 0.15) is 0 Å². The Morgan fingerprint density at radius 2 is 1.71 bits per heavy atom. The third-order valence-electron chi connectivity index (χ3n) is 2.23. The lowest BCUT2D eigenvalue weighted by Crippen LogP contribution is -2.05. The van der Waals surface area contributed by atoms with Crippen molar-refractivity contribution in [2.75, 3.05) is 6.26 Å². The van der Waals surface area contributed by atoms with Crippen LogP contribution in [0.2, 0.25) is 0 Å². The quantitative estimate of drug-likeness (QED) is 0.814. The molecule has 0 radical (unpaired) electrons. The van der Waals surface area contributed by atoms with Crippen molar-refractivity contribution in [1.29, 1.82) is 0 Å². The van der Waals surface area contributed by atoms with Gasteiger partial charge >= 0.3 is 5.63 Å². The Kier molecular flexibility index (Phi) is 2.85. The molecule has 1 aromatic carbocycles. The molecule has 0 atom stereocenters. The van der Waals surface area contributed by atoms with Crippen molar-refractivity contribution < 1.29 is 12.8 Å². The van der Waals surface area contributed by atoms with Gasteiger partial charge in [-0.15, -0.1) is 0 Å². The summed E-state index contributed by atoms with van der Waals surface area (Å²) in [6, 6.07) is 11.2. The summed E-state index contributed by atoms with van der Waals surface area (Å²) in [5.74, 6) is 0.249. The van der Waals surface area contributed by atoms with Gasteiger partial charge in [0.15, 0.2) is 9.84 Å². The lowest BCUT2D eigenvalue weighted by molar-refractivity contribution is 0.518. The summed E-state index contributed by atoms with van der Waals surface area (Å²) in [5, 5.41) is 0. The van der Waals surface area contributed by atoms with Gasteiger partial charge in [-0.05, 0) is 0 Å². The van der Waals surface area contributed by atoms with E-state index in [4.69, 9.17) is 4.42 Å². The summed E-state index contributed by atoms with van der Waals surface area (Å²) in [6.07, 6.45) is 1.05. The summed E-state index contributed by atoms with van der Waals surface area (Å²) in [6.45, 7) is 0. The second kappa shape index (κ2) is 4.18. The van der Waals surface area contributed by atoms with Gasteiger partial charge in [-0.2, -0.15) is 0 Å². The van der Waals surface area contributed by atoms with E-state index in [9.17, 15) is 13.2 Å². The summed E-state index contributed by atoms with van der Waals surface area (Å²) in [5.41, 5.74) is -0.0121. The molecule has 0 saturated heterocycles. The van der Waals surface area contributed by atoms with Gasteiger partial charge in [0.2, 0.25) is 0 Å². The van der Waals surface area contributed by atoms with Crippen molar-refractivity contribution in [3.8, 4) is 11.3 Å². The van der Waals surface area contributed by atoms with Crippen LogP contribution in [-0.2, 0) is 9.84 Å². The fourth-order valence-electron chi connectivity index (χ4n) is 1.41. The van der Waals surface area contributed by atoms with Crippen molar-refractivity contribution in [3.05, 3.63) is 52.9 Å². The van der Waals surface area contributed by atoms with Crippen molar-refractivity contribution >= 4 is 9.84 Å². The average Bonchev–Trinajstić information content (AvgIpc) is 2.28. The first-order valence-electron chi connectivity index (χ1n) is 4.87. The van der Waals surface area contributed by atoms with E-state index >= 15 is 0 Å². The van der Waals surface area contributed by atoms with Crippen molar-refractivity contribution in [2.45, 2.75) is 4.90 Å². The van der Waals surface area contributed by atoms with Crippen molar-refractivity contribution in [2.24, 2.45) is 0 Å². The second-order valence-corrected chi connectivity index (χ2v) is 5.63. The molecule has 2 rings (SSSR count). The topological polar surface area (TPSA) is 64.3 Å². The van der Waals surface area contributed by atoms with Crippen LogP contribution in [0.3, 0.4) is 0 Å². The van der Waals surface area contributed by atoms with Crippen LogP contribution >= 0.6 is 0 Å². The van der Waals surface area contributed by atoms with E-state index in [-0.39, 0.29) is 10.7 Å². The maximum absolute atomic E-state index is 11.4. The highest BCUT2D eigenvalue weighted by Gasteiger charge is 2.11. The first-order chi connectivity index (χ1) is 7.97. The molecule has 1 aromatic heterocycles. The molecule has 0 saturated carbocycles. The summed E-state index contributed by atoms with van der Waals surface area (Å²) < 4.78 is 27.8. The molecule has 0 aliphatic carbocycles. The van der Waals surface area contributed by atoms with Crippen LogP contribution in [0.15, 0.2) is 56.6 Å². The third-order valence-corrected chi connectivity index (χ3v) is 3.32. The summed E-state index contributed by atoms with van der Waals surface area (Å²) in [7, 11) is -3.42. The molecule has 0 aliphatic rings. The van der Waals surface area contributed by atoms with Crippen LogP contribution in [0.25, 0.3) is 11.3 Å². The van der Waals surface area contributed by atoms with E-state index in [1.54, 1.807) is 24.3 Å². The van der Waals surface area contributed by atoms with Gasteiger partial charge in [-0.3, -0.25) is 0 Å². The minimum Gasteiger partial charge on any atom is -0.423 e. The van der Waals surface area contributed by atoms with E-state index in [0.717, 1.165) is 12.3 Å². The zero-order valence-electron chi connectivity index (χ0n) is 9.08. The molecule has 0 bridgehead atoms. The predicted octanol–water partition coefficient (Wildman–Crippen LogP) is 1.71. The van der Waals surface area contributed by atoms with E-state index in [0.29, 0.717) is 5.56 Å². The Labute approximate surface area is 98.4 Å². The first-order valence-corrected chi connectivity index (χ1v) is 6.76. The van der Waals surface area contributed by atoms with Crippen LogP contribution in [0.4, 0.5) is 0 Å². The molecule has 0 fully saturated rings. The molecular weight excluding hydrogens is 240 g/mol. The molecular formula is C12H10O4S. The molecule has 2 aromatic rings. The Morgan fingerprint density at radius 3 is 2.29 bits per heavy atom. The lowest BCUT2D eigenvalue weighted by Gasteiger charge is -2.02. The van der Waals surface area contributed by atoms with Gasteiger partial charge in [0.25, 0.3) is 0 Å². The zero-order chi connectivity index (χ0) is 12.5. The largest absolute Gasteiger partial charge is 0.423 e. The molecule has 17 heavy (non-hydrogen) atoms. The second-order valence-electron chi connectivity index (χ2n) is 3.61. The van der Waals surface area contributed by atoms with E-state index in [1.807, 2.05) is 6.07 Å². The standard InChI is InChI=1S/C12H10O4S/c1-17(14,15)10-7-11(16-12(13)8-10)9-5-3-2-4-6-9/h2-8H,1H3. The van der Waals surface area contributed by atoms with E-state index in [1.165, 1.54) is 6.07 Å². The lowest BCUT2D eigenvalue weighted by atomic mass is 10.2. The van der Waals surface area contributed by atoms with Gasteiger partial charge in [0.1, 0.15) is 5.76 Å². The predicted molar refractivity (Wildman–Crippen MR) is 63.5 cm³/mol. The first kappa shape index (κ1) is 11.6. The number of hydrogen-bond donors (Lipinski definition) is 0. The molecule has 4 nitrogen and oxygen atoms in total. The number of hydrogen-bond acceptors (Lipinski definition) is 4. The maximum atomic E-state index is 11.4. The van der Waals surface area contributed by atoms with Crippen molar-refractivity contribution in [1.82, 2.24) is 0 Å². The molecule has 1 heterocycles. The highest BCUT2D eigenvalue weighted by atomic mass is 32.2. The highest BCUT2D eigenvalue weighted by molar-refractivity contribution is 7.90. The number of sulfone groups is 1. The smallest absolute Gasteiger partial charge is 0.337 e. The Morgan fingerprint density at radius 1 is 1.06 bits per heavy atom. The molecule has 5 heteroatoms. The Balaban J connectivity index is 2.66. The Bertz CT molecular complexity index is 684. The van der Waals surface area contributed by atoms with Gasteiger partial charge in [-0.25, -0.2) is 13.2 Å². The molecule has 0 unspecified atom stereocenters. The van der Waals surface area contributed by atoms with Crippen LogP contribution in [0.5, 0.6) is 0 Å². The molecule has 0 N–H and O–H groups in total. The van der Waals surface area contributed by atoms with Gasteiger partial charge in [0.05, 0.1) is 4.90 Å². The molecule has 0 aliphatic heterocycles. The highest BCUT2D eigenvalue weighted by Crippen LogP contribution is 2.20. The number of benzene rings is 1. The SMILES string of the molecule is CS(=O)(=O)c1cc(-c2ccccc2)oc(=O)c1. The van der Waals surface area contributed by atoms with E-state index in [2.05, 4.69) is 0 Å². The molecule has 0 amide bonds. The maximum Gasteiger partial charge on any atom is 0.337 e. The summed E-state index contributed by atoms with van der Waals surface area (Å²) in [4.78, 5) is 11.3. The zero-order valence-corrected chi connectivity index (χ0v) is 9.90. The van der Waals surface area contributed by atoms with Gasteiger partial charge < -0.3 is 4.42 Å². The monoisotopic (exact) mass is 250 g/mol. The molecule has 0 spiro atoms. The summed E-state index contributed by atoms with van der Waals surface area (Å²) >= 11 is 0. The van der Waals surface area contributed by atoms with Crippen LogP contribution in [-0.4, -0.2) is 14.7 Å².